The lowest BCUT2D eigenvalue weighted by atomic mass is 10.0. The predicted molar refractivity (Wildman–Crippen MR) is 82.7 cm³/mol. The SMILES string of the molecule is CC(C)c1nc(C(C)C)c2c(C#N)cn(CCC(=O)O)c2n1. The zero-order valence-electron chi connectivity index (χ0n) is 13.3. The van der Waals surface area contributed by atoms with Gasteiger partial charge in [-0.05, 0) is 5.92 Å². The summed E-state index contributed by atoms with van der Waals surface area (Å²) in [5, 5.41) is 19.0. The number of aromatic nitrogens is 3. The molecule has 22 heavy (non-hydrogen) atoms. The molecule has 0 spiro atoms. The van der Waals surface area contributed by atoms with E-state index in [1.807, 2.05) is 27.7 Å². The van der Waals surface area contributed by atoms with Gasteiger partial charge in [0.1, 0.15) is 17.5 Å². The van der Waals surface area contributed by atoms with Crippen molar-refractivity contribution in [3.05, 3.63) is 23.3 Å². The maximum atomic E-state index is 10.8. The van der Waals surface area contributed by atoms with Gasteiger partial charge in [0.2, 0.25) is 0 Å². The summed E-state index contributed by atoms with van der Waals surface area (Å²) in [6, 6.07) is 2.17. The van der Waals surface area contributed by atoms with Crippen LogP contribution in [0.5, 0.6) is 0 Å². The quantitative estimate of drug-likeness (QED) is 0.916. The van der Waals surface area contributed by atoms with Gasteiger partial charge in [-0.25, -0.2) is 9.97 Å². The van der Waals surface area contributed by atoms with Crippen molar-refractivity contribution in [2.24, 2.45) is 0 Å². The Hall–Kier alpha value is -2.42. The molecule has 6 heteroatoms. The van der Waals surface area contributed by atoms with Crippen LogP contribution in [0.25, 0.3) is 11.0 Å². The number of nitriles is 1. The molecule has 0 saturated heterocycles. The summed E-state index contributed by atoms with van der Waals surface area (Å²) in [4.78, 5) is 20.0. The van der Waals surface area contributed by atoms with Crippen molar-refractivity contribution in [1.82, 2.24) is 14.5 Å². The fourth-order valence-electron chi connectivity index (χ4n) is 2.38. The van der Waals surface area contributed by atoms with E-state index in [9.17, 15) is 10.1 Å². The molecule has 0 saturated carbocycles. The smallest absolute Gasteiger partial charge is 0.305 e. The number of fused-ring (bicyclic) bond motifs is 1. The fraction of sp³-hybridized carbons (Fsp3) is 0.500. The van der Waals surface area contributed by atoms with Crippen LogP contribution in [-0.2, 0) is 11.3 Å². The van der Waals surface area contributed by atoms with Crippen LogP contribution >= 0.6 is 0 Å². The monoisotopic (exact) mass is 300 g/mol. The third-order valence-corrected chi connectivity index (χ3v) is 3.51. The Morgan fingerprint density at radius 2 is 2.00 bits per heavy atom. The standard InChI is InChI=1S/C16H20N4O2/c1-9(2)14-13-11(7-17)8-20(6-5-12(21)22)16(13)19-15(18-14)10(3)4/h8-10H,5-6H2,1-4H3,(H,21,22). The molecule has 0 aliphatic rings. The molecule has 0 bridgehead atoms. The van der Waals surface area contributed by atoms with Crippen LogP contribution in [-0.4, -0.2) is 25.6 Å². The zero-order valence-corrected chi connectivity index (χ0v) is 13.3. The first-order chi connectivity index (χ1) is 10.3. The predicted octanol–water partition coefficient (Wildman–Crippen LogP) is 3.02. The molecule has 6 nitrogen and oxygen atoms in total. The number of aryl methyl sites for hydroxylation is 1. The average molecular weight is 300 g/mol. The summed E-state index contributed by atoms with van der Waals surface area (Å²) in [7, 11) is 0. The van der Waals surface area contributed by atoms with E-state index in [2.05, 4.69) is 16.0 Å². The van der Waals surface area contributed by atoms with Crippen LogP contribution in [0.2, 0.25) is 0 Å². The van der Waals surface area contributed by atoms with Gasteiger partial charge in [0.25, 0.3) is 0 Å². The molecule has 0 fully saturated rings. The molecular weight excluding hydrogens is 280 g/mol. The van der Waals surface area contributed by atoms with Gasteiger partial charge in [-0.1, -0.05) is 27.7 Å². The van der Waals surface area contributed by atoms with Crippen LogP contribution in [0.15, 0.2) is 6.20 Å². The normalized spacial score (nSPS) is 11.3. The Morgan fingerprint density at radius 3 is 2.50 bits per heavy atom. The number of carboxylic acids is 1. The highest BCUT2D eigenvalue weighted by Gasteiger charge is 2.20. The van der Waals surface area contributed by atoms with Gasteiger partial charge < -0.3 is 9.67 Å². The summed E-state index contributed by atoms with van der Waals surface area (Å²) in [6.45, 7) is 8.38. The second-order valence-corrected chi connectivity index (χ2v) is 5.97. The maximum Gasteiger partial charge on any atom is 0.305 e. The highest BCUT2D eigenvalue weighted by Crippen LogP contribution is 2.29. The number of carboxylic acid groups (broad SMARTS) is 1. The molecule has 2 rings (SSSR count). The van der Waals surface area contributed by atoms with E-state index in [4.69, 9.17) is 5.11 Å². The summed E-state index contributed by atoms with van der Waals surface area (Å²) in [6.07, 6.45) is 1.67. The molecular formula is C16H20N4O2. The molecule has 0 unspecified atom stereocenters. The third kappa shape index (κ3) is 2.93. The number of aliphatic carboxylic acids is 1. The largest absolute Gasteiger partial charge is 0.481 e. The van der Waals surface area contributed by atoms with Gasteiger partial charge >= 0.3 is 5.97 Å². The van der Waals surface area contributed by atoms with Gasteiger partial charge in [0, 0.05) is 18.7 Å². The van der Waals surface area contributed by atoms with E-state index in [0.717, 1.165) is 16.9 Å². The van der Waals surface area contributed by atoms with E-state index >= 15 is 0 Å². The molecule has 0 aromatic carbocycles. The first-order valence-electron chi connectivity index (χ1n) is 7.37. The fourth-order valence-corrected chi connectivity index (χ4v) is 2.38. The molecule has 0 amide bonds. The average Bonchev–Trinajstić information content (AvgIpc) is 2.81. The van der Waals surface area contributed by atoms with Crippen molar-refractivity contribution in [3.63, 3.8) is 0 Å². The van der Waals surface area contributed by atoms with Gasteiger partial charge in [-0.2, -0.15) is 5.26 Å². The van der Waals surface area contributed by atoms with Crippen LogP contribution in [0.1, 0.15) is 63.0 Å². The second kappa shape index (κ2) is 6.14. The topological polar surface area (TPSA) is 91.8 Å². The number of nitrogens with zero attached hydrogens (tertiary/aromatic N) is 4. The van der Waals surface area contributed by atoms with Crippen molar-refractivity contribution in [3.8, 4) is 6.07 Å². The molecule has 1 N–H and O–H groups in total. The van der Waals surface area contributed by atoms with Crippen molar-refractivity contribution in [2.45, 2.75) is 52.5 Å². The number of hydrogen-bond acceptors (Lipinski definition) is 4. The first-order valence-corrected chi connectivity index (χ1v) is 7.37. The second-order valence-electron chi connectivity index (χ2n) is 5.97. The summed E-state index contributed by atoms with van der Waals surface area (Å²) in [5.74, 6) is 0.165. The minimum Gasteiger partial charge on any atom is -0.481 e. The van der Waals surface area contributed by atoms with Crippen molar-refractivity contribution >= 4 is 17.0 Å². The summed E-state index contributed by atoms with van der Waals surface area (Å²) < 4.78 is 1.75. The van der Waals surface area contributed by atoms with Crippen LogP contribution < -0.4 is 0 Å². The lowest BCUT2D eigenvalue weighted by Crippen LogP contribution is -2.08. The van der Waals surface area contributed by atoms with E-state index in [1.165, 1.54) is 0 Å². The first kappa shape index (κ1) is 16.0. The summed E-state index contributed by atoms with van der Waals surface area (Å²) >= 11 is 0. The highest BCUT2D eigenvalue weighted by molar-refractivity contribution is 5.86. The Morgan fingerprint density at radius 1 is 1.32 bits per heavy atom. The Bertz CT molecular complexity index is 754. The van der Waals surface area contributed by atoms with Gasteiger partial charge in [-0.3, -0.25) is 4.79 Å². The van der Waals surface area contributed by atoms with Crippen molar-refractivity contribution in [1.29, 1.82) is 5.26 Å². The van der Waals surface area contributed by atoms with E-state index in [0.29, 0.717) is 17.8 Å². The van der Waals surface area contributed by atoms with Gasteiger partial charge in [0.15, 0.2) is 0 Å². The van der Waals surface area contributed by atoms with E-state index in [1.54, 1.807) is 10.8 Å². The molecule has 2 heterocycles. The Kier molecular flexibility index (Phi) is 4.45. The van der Waals surface area contributed by atoms with Crippen LogP contribution in [0.4, 0.5) is 0 Å². The lowest BCUT2D eigenvalue weighted by molar-refractivity contribution is -0.137. The lowest BCUT2D eigenvalue weighted by Gasteiger charge is -2.12. The Labute approximate surface area is 129 Å². The van der Waals surface area contributed by atoms with Crippen LogP contribution in [0.3, 0.4) is 0 Å². The third-order valence-electron chi connectivity index (χ3n) is 3.51. The molecule has 116 valence electrons. The Balaban J connectivity index is 2.72. The summed E-state index contributed by atoms with van der Waals surface area (Å²) in [5.41, 5.74) is 2.00. The molecule has 0 aliphatic carbocycles. The molecule has 0 radical (unpaired) electrons. The van der Waals surface area contributed by atoms with Crippen LogP contribution in [0, 0.1) is 11.3 Å². The molecule has 0 aliphatic heterocycles. The number of hydrogen-bond donors (Lipinski definition) is 1. The zero-order chi connectivity index (χ0) is 16.4. The van der Waals surface area contributed by atoms with E-state index in [-0.39, 0.29) is 18.3 Å². The van der Waals surface area contributed by atoms with Crippen molar-refractivity contribution < 1.29 is 9.90 Å². The molecule has 2 aromatic rings. The highest BCUT2D eigenvalue weighted by atomic mass is 16.4. The van der Waals surface area contributed by atoms with Gasteiger partial charge in [-0.15, -0.1) is 0 Å². The number of rotatable bonds is 5. The van der Waals surface area contributed by atoms with Crippen molar-refractivity contribution in [2.75, 3.05) is 0 Å². The van der Waals surface area contributed by atoms with E-state index < -0.39 is 5.97 Å². The van der Waals surface area contributed by atoms with Gasteiger partial charge in [0.05, 0.1) is 23.1 Å². The molecule has 2 aromatic heterocycles. The minimum atomic E-state index is -0.873. The number of carbonyl (C=O) groups is 1. The minimum absolute atomic E-state index is 0.00727. The maximum absolute atomic E-state index is 10.8. The molecule has 0 atom stereocenters.